The molecule has 28 heavy (non-hydrogen) atoms. The van der Waals surface area contributed by atoms with Gasteiger partial charge in [-0.05, 0) is 48.5 Å². The fourth-order valence-electron chi connectivity index (χ4n) is 2.48. The first kappa shape index (κ1) is 19.4. The van der Waals surface area contributed by atoms with Gasteiger partial charge in [0.25, 0.3) is 0 Å². The maximum Gasteiger partial charge on any atom is 0.243 e. The second kappa shape index (κ2) is 8.58. The van der Waals surface area contributed by atoms with Crippen molar-refractivity contribution >= 4 is 27.1 Å². The molecule has 3 aromatic rings. The maximum absolute atomic E-state index is 12.2. The molecule has 0 aliphatic rings. The Balaban J connectivity index is 1.60. The lowest BCUT2D eigenvalue weighted by Crippen LogP contribution is -2.21. The highest BCUT2D eigenvalue weighted by atomic mass is 32.2. The third kappa shape index (κ3) is 5.34. The Morgan fingerprint density at radius 2 is 1.54 bits per heavy atom. The van der Waals surface area contributed by atoms with Crippen molar-refractivity contribution in [2.24, 2.45) is 0 Å². The summed E-state index contributed by atoms with van der Waals surface area (Å²) in [7, 11) is -3.26. The lowest BCUT2D eigenvalue weighted by Gasteiger charge is -2.13. The Morgan fingerprint density at radius 1 is 0.893 bits per heavy atom. The second-order valence-electron chi connectivity index (χ2n) is 6.11. The molecule has 0 atom stereocenters. The molecule has 0 saturated heterocycles. The maximum atomic E-state index is 12.2. The minimum atomic E-state index is -3.26. The molecule has 2 N–H and O–H groups in total. The van der Waals surface area contributed by atoms with Crippen molar-refractivity contribution in [2.45, 2.75) is 4.90 Å². The predicted octanol–water partition coefficient (Wildman–Crippen LogP) is 3.93. The SMILES string of the molecule is CS(=O)(=O)c1ccc(NC(=O)CNc2ccccc2Oc2ccccc2)cc1. The van der Waals surface area contributed by atoms with Gasteiger partial charge in [0, 0.05) is 11.9 Å². The molecule has 0 spiro atoms. The number of carbonyl (C=O) groups is 1. The van der Waals surface area contributed by atoms with Crippen molar-refractivity contribution in [1.29, 1.82) is 0 Å². The van der Waals surface area contributed by atoms with Crippen LogP contribution < -0.4 is 15.4 Å². The molecule has 7 heteroatoms. The molecule has 3 rings (SSSR count). The Labute approximate surface area is 164 Å². The summed E-state index contributed by atoms with van der Waals surface area (Å²) in [6, 6.07) is 22.8. The van der Waals surface area contributed by atoms with Crippen LogP contribution in [0.4, 0.5) is 11.4 Å². The average molecular weight is 396 g/mol. The van der Waals surface area contributed by atoms with Crippen molar-refractivity contribution in [2.75, 3.05) is 23.4 Å². The number of ether oxygens (including phenoxy) is 1. The number of amides is 1. The molecule has 6 nitrogen and oxygen atoms in total. The predicted molar refractivity (Wildman–Crippen MR) is 110 cm³/mol. The number of anilines is 2. The van der Waals surface area contributed by atoms with Gasteiger partial charge in [0.1, 0.15) is 5.75 Å². The van der Waals surface area contributed by atoms with E-state index < -0.39 is 9.84 Å². The zero-order valence-corrected chi connectivity index (χ0v) is 16.1. The fraction of sp³-hybridized carbons (Fsp3) is 0.0952. The Morgan fingerprint density at radius 3 is 2.21 bits per heavy atom. The standard InChI is InChI=1S/C21H20N2O4S/c1-28(25,26)18-13-11-16(12-14-18)23-21(24)15-22-19-9-5-6-10-20(19)27-17-7-3-2-4-8-17/h2-14,22H,15H2,1H3,(H,23,24). The third-order valence-electron chi connectivity index (χ3n) is 3.86. The normalized spacial score (nSPS) is 10.9. The first-order chi connectivity index (χ1) is 13.4. The molecule has 0 bridgehead atoms. The van der Waals surface area contributed by atoms with E-state index in [4.69, 9.17) is 4.74 Å². The number of benzene rings is 3. The lowest BCUT2D eigenvalue weighted by molar-refractivity contribution is -0.114. The molecule has 0 saturated carbocycles. The van der Waals surface area contributed by atoms with Gasteiger partial charge < -0.3 is 15.4 Å². The molecule has 0 unspecified atom stereocenters. The molecule has 0 aliphatic heterocycles. The zero-order chi connectivity index (χ0) is 20.0. The molecule has 3 aromatic carbocycles. The van der Waals surface area contributed by atoms with Crippen LogP contribution in [0.15, 0.2) is 83.8 Å². The van der Waals surface area contributed by atoms with Gasteiger partial charge >= 0.3 is 0 Å². The monoisotopic (exact) mass is 396 g/mol. The molecule has 0 heterocycles. The number of hydrogen-bond donors (Lipinski definition) is 2. The van der Waals surface area contributed by atoms with Gasteiger partial charge in [0.2, 0.25) is 5.91 Å². The molecule has 0 aliphatic carbocycles. The van der Waals surface area contributed by atoms with Crippen LogP contribution in [-0.2, 0) is 14.6 Å². The highest BCUT2D eigenvalue weighted by molar-refractivity contribution is 7.90. The van der Waals surface area contributed by atoms with E-state index in [-0.39, 0.29) is 17.3 Å². The average Bonchev–Trinajstić information content (AvgIpc) is 2.68. The van der Waals surface area contributed by atoms with Gasteiger partial charge in [-0.1, -0.05) is 30.3 Å². The second-order valence-corrected chi connectivity index (χ2v) is 8.13. The lowest BCUT2D eigenvalue weighted by atomic mass is 10.2. The van der Waals surface area contributed by atoms with Crippen LogP contribution in [0.25, 0.3) is 0 Å². The fourth-order valence-corrected chi connectivity index (χ4v) is 3.11. The van der Waals surface area contributed by atoms with Gasteiger partial charge in [-0.2, -0.15) is 0 Å². The van der Waals surface area contributed by atoms with E-state index in [0.717, 1.165) is 6.26 Å². The number of hydrogen-bond acceptors (Lipinski definition) is 5. The van der Waals surface area contributed by atoms with E-state index in [0.29, 0.717) is 22.9 Å². The smallest absolute Gasteiger partial charge is 0.243 e. The molecule has 1 amide bonds. The van der Waals surface area contributed by atoms with E-state index in [1.165, 1.54) is 12.1 Å². The van der Waals surface area contributed by atoms with E-state index in [2.05, 4.69) is 10.6 Å². The summed E-state index contributed by atoms with van der Waals surface area (Å²) in [4.78, 5) is 12.4. The minimum absolute atomic E-state index is 0.0307. The van der Waals surface area contributed by atoms with Crippen LogP contribution in [0, 0.1) is 0 Å². The zero-order valence-electron chi connectivity index (χ0n) is 15.3. The van der Waals surface area contributed by atoms with Crippen molar-refractivity contribution < 1.29 is 17.9 Å². The Kier molecular flexibility index (Phi) is 5.96. The van der Waals surface area contributed by atoms with Crippen molar-refractivity contribution in [3.8, 4) is 11.5 Å². The van der Waals surface area contributed by atoms with E-state index in [1.54, 1.807) is 12.1 Å². The molecule has 0 aromatic heterocycles. The van der Waals surface area contributed by atoms with Gasteiger partial charge in [-0.3, -0.25) is 4.79 Å². The highest BCUT2D eigenvalue weighted by Gasteiger charge is 2.09. The van der Waals surface area contributed by atoms with E-state index >= 15 is 0 Å². The van der Waals surface area contributed by atoms with Gasteiger partial charge in [-0.15, -0.1) is 0 Å². The Bertz CT molecular complexity index is 1050. The van der Waals surface area contributed by atoms with Gasteiger partial charge in [-0.25, -0.2) is 8.42 Å². The number of nitrogens with one attached hydrogen (secondary N) is 2. The third-order valence-corrected chi connectivity index (χ3v) is 4.99. The first-order valence-corrected chi connectivity index (χ1v) is 10.5. The minimum Gasteiger partial charge on any atom is -0.455 e. The molecule has 144 valence electrons. The number of carbonyl (C=O) groups excluding carboxylic acids is 1. The topological polar surface area (TPSA) is 84.5 Å². The molecular formula is C21H20N2O4S. The van der Waals surface area contributed by atoms with Crippen molar-refractivity contribution in [3.05, 3.63) is 78.9 Å². The van der Waals surface area contributed by atoms with Crippen LogP contribution >= 0.6 is 0 Å². The van der Waals surface area contributed by atoms with Crippen LogP contribution in [0.3, 0.4) is 0 Å². The molecule has 0 radical (unpaired) electrons. The summed E-state index contributed by atoms with van der Waals surface area (Å²) in [6.07, 6.45) is 1.14. The van der Waals surface area contributed by atoms with Crippen LogP contribution in [0.5, 0.6) is 11.5 Å². The van der Waals surface area contributed by atoms with Crippen LogP contribution in [0.1, 0.15) is 0 Å². The van der Waals surface area contributed by atoms with Crippen LogP contribution in [-0.4, -0.2) is 27.1 Å². The number of sulfone groups is 1. The van der Waals surface area contributed by atoms with E-state index in [1.807, 2.05) is 54.6 Å². The quantitative estimate of drug-likeness (QED) is 0.632. The Hall–Kier alpha value is -3.32. The largest absolute Gasteiger partial charge is 0.455 e. The summed E-state index contributed by atoms with van der Waals surface area (Å²) >= 11 is 0. The highest BCUT2D eigenvalue weighted by Crippen LogP contribution is 2.28. The molecular weight excluding hydrogens is 376 g/mol. The van der Waals surface area contributed by atoms with E-state index in [9.17, 15) is 13.2 Å². The molecule has 0 fully saturated rings. The first-order valence-electron chi connectivity index (χ1n) is 8.57. The summed E-state index contributed by atoms with van der Waals surface area (Å²) in [5.41, 5.74) is 1.21. The number of para-hydroxylation sites is 3. The van der Waals surface area contributed by atoms with Crippen LogP contribution in [0.2, 0.25) is 0 Å². The van der Waals surface area contributed by atoms with Crippen molar-refractivity contribution in [1.82, 2.24) is 0 Å². The summed E-state index contributed by atoms with van der Waals surface area (Å²) < 4.78 is 28.8. The summed E-state index contributed by atoms with van der Waals surface area (Å²) in [6.45, 7) is 0.0307. The van der Waals surface area contributed by atoms with Crippen molar-refractivity contribution in [3.63, 3.8) is 0 Å². The van der Waals surface area contributed by atoms with Gasteiger partial charge in [0.15, 0.2) is 15.6 Å². The number of rotatable bonds is 7. The summed E-state index contributed by atoms with van der Waals surface area (Å²) in [5.74, 6) is 1.05. The summed E-state index contributed by atoms with van der Waals surface area (Å²) in [5, 5.41) is 5.78. The van der Waals surface area contributed by atoms with Gasteiger partial charge in [0.05, 0.1) is 17.1 Å².